The second-order valence-corrected chi connectivity index (χ2v) is 4.92. The Morgan fingerprint density at radius 1 is 1.20 bits per heavy atom. The number of halogens is 1. The molecule has 20 heavy (non-hydrogen) atoms. The smallest absolute Gasteiger partial charge is 0.131 e. The molecule has 0 radical (unpaired) electrons. The van der Waals surface area contributed by atoms with Crippen LogP contribution in [0.2, 0.25) is 0 Å². The van der Waals surface area contributed by atoms with Gasteiger partial charge in [0.05, 0.1) is 7.11 Å². The highest BCUT2D eigenvalue weighted by atomic mass is 19.1. The summed E-state index contributed by atoms with van der Waals surface area (Å²) in [5.41, 5.74) is 3.12. The number of ether oxygens (including phenoxy) is 1. The van der Waals surface area contributed by atoms with Crippen molar-refractivity contribution in [3.63, 3.8) is 0 Å². The van der Waals surface area contributed by atoms with Gasteiger partial charge in [-0.15, -0.1) is 0 Å². The number of nitrogens with one attached hydrogen (secondary N) is 1. The minimum atomic E-state index is -0.242. The Morgan fingerprint density at radius 2 is 1.95 bits per heavy atom. The van der Waals surface area contributed by atoms with Gasteiger partial charge >= 0.3 is 0 Å². The lowest BCUT2D eigenvalue weighted by Crippen LogP contribution is -2.19. The van der Waals surface area contributed by atoms with Gasteiger partial charge in [-0.05, 0) is 31.0 Å². The van der Waals surface area contributed by atoms with Crippen LogP contribution in [0.25, 0.3) is 0 Å². The second-order valence-electron chi connectivity index (χ2n) is 4.92. The van der Waals surface area contributed by atoms with Gasteiger partial charge in [0, 0.05) is 24.2 Å². The molecular formula is C17H20FNO. The molecule has 0 fully saturated rings. The first-order valence-corrected chi connectivity index (χ1v) is 6.73. The van der Waals surface area contributed by atoms with Gasteiger partial charge in [-0.2, -0.15) is 0 Å². The zero-order valence-corrected chi connectivity index (χ0v) is 12.1. The van der Waals surface area contributed by atoms with Crippen molar-refractivity contribution >= 4 is 0 Å². The summed E-state index contributed by atoms with van der Waals surface area (Å²) in [6.45, 7) is 4.76. The summed E-state index contributed by atoms with van der Waals surface area (Å²) >= 11 is 0. The molecule has 3 heteroatoms. The van der Waals surface area contributed by atoms with E-state index in [0.717, 1.165) is 6.54 Å². The first-order valence-electron chi connectivity index (χ1n) is 6.73. The molecule has 1 unspecified atom stereocenters. The van der Waals surface area contributed by atoms with E-state index in [1.54, 1.807) is 12.1 Å². The highest BCUT2D eigenvalue weighted by Gasteiger charge is 2.11. The maximum absolute atomic E-state index is 14.0. The molecule has 2 nitrogen and oxygen atoms in total. The first-order chi connectivity index (χ1) is 9.61. The molecule has 0 aliphatic rings. The fourth-order valence-electron chi connectivity index (χ4n) is 2.17. The minimum absolute atomic E-state index is 0.0551. The van der Waals surface area contributed by atoms with Crippen LogP contribution in [0, 0.1) is 12.7 Å². The highest BCUT2D eigenvalue weighted by Crippen LogP contribution is 2.22. The molecule has 0 aliphatic carbocycles. The van der Waals surface area contributed by atoms with E-state index in [4.69, 9.17) is 4.74 Å². The summed E-state index contributed by atoms with van der Waals surface area (Å²) in [6.07, 6.45) is 0. The molecule has 1 N–H and O–H groups in total. The van der Waals surface area contributed by atoms with Crippen LogP contribution < -0.4 is 10.1 Å². The summed E-state index contributed by atoms with van der Waals surface area (Å²) in [5.74, 6) is 0.298. The monoisotopic (exact) mass is 273 g/mol. The Balaban J connectivity index is 2.05. The molecule has 0 saturated heterocycles. The third-order valence-electron chi connectivity index (χ3n) is 3.53. The number of rotatable bonds is 5. The standard InChI is InChI=1S/C17H20FNO/c1-12-6-4-5-7-14(12)11-19-13(2)16-9-8-15(20-3)10-17(16)18/h4-10,13,19H,11H2,1-3H3. The van der Waals surface area contributed by atoms with Crippen molar-refractivity contribution in [1.82, 2.24) is 5.32 Å². The van der Waals surface area contributed by atoms with Crippen molar-refractivity contribution in [3.8, 4) is 5.75 Å². The van der Waals surface area contributed by atoms with Gasteiger partial charge in [-0.25, -0.2) is 4.39 Å². The van der Waals surface area contributed by atoms with Crippen LogP contribution in [0.4, 0.5) is 4.39 Å². The Bertz CT molecular complexity index is 583. The van der Waals surface area contributed by atoms with E-state index in [0.29, 0.717) is 11.3 Å². The van der Waals surface area contributed by atoms with Crippen molar-refractivity contribution in [3.05, 3.63) is 65.0 Å². The molecule has 1 atom stereocenters. The van der Waals surface area contributed by atoms with Gasteiger partial charge in [0.2, 0.25) is 0 Å². The van der Waals surface area contributed by atoms with E-state index in [2.05, 4.69) is 24.4 Å². The lowest BCUT2D eigenvalue weighted by atomic mass is 10.1. The fraction of sp³-hybridized carbons (Fsp3) is 0.294. The quantitative estimate of drug-likeness (QED) is 0.889. The molecule has 2 rings (SSSR count). The topological polar surface area (TPSA) is 21.3 Å². The number of aryl methyl sites for hydroxylation is 1. The molecule has 0 heterocycles. The SMILES string of the molecule is COc1ccc(C(C)NCc2ccccc2C)c(F)c1. The summed E-state index contributed by atoms with van der Waals surface area (Å²) in [7, 11) is 1.54. The van der Waals surface area contributed by atoms with Crippen molar-refractivity contribution in [2.24, 2.45) is 0 Å². The van der Waals surface area contributed by atoms with Crippen LogP contribution in [-0.4, -0.2) is 7.11 Å². The van der Waals surface area contributed by atoms with Crippen molar-refractivity contribution < 1.29 is 9.13 Å². The Morgan fingerprint density at radius 3 is 2.60 bits per heavy atom. The zero-order chi connectivity index (χ0) is 14.5. The minimum Gasteiger partial charge on any atom is -0.497 e. The van der Waals surface area contributed by atoms with Crippen molar-refractivity contribution in [2.45, 2.75) is 26.4 Å². The van der Waals surface area contributed by atoms with Gasteiger partial charge < -0.3 is 10.1 Å². The highest BCUT2D eigenvalue weighted by molar-refractivity contribution is 5.31. The molecule has 2 aromatic carbocycles. The van der Waals surface area contributed by atoms with E-state index in [1.807, 2.05) is 19.1 Å². The fourth-order valence-corrected chi connectivity index (χ4v) is 2.17. The van der Waals surface area contributed by atoms with E-state index >= 15 is 0 Å². The van der Waals surface area contributed by atoms with Gasteiger partial charge in [-0.3, -0.25) is 0 Å². The third-order valence-corrected chi connectivity index (χ3v) is 3.53. The predicted molar refractivity (Wildman–Crippen MR) is 79.4 cm³/mol. The van der Waals surface area contributed by atoms with Crippen LogP contribution in [0.3, 0.4) is 0 Å². The van der Waals surface area contributed by atoms with Crippen molar-refractivity contribution in [1.29, 1.82) is 0 Å². The Labute approximate surface area is 119 Å². The van der Waals surface area contributed by atoms with Gasteiger partial charge in [-0.1, -0.05) is 30.3 Å². The number of hydrogen-bond donors (Lipinski definition) is 1. The first kappa shape index (κ1) is 14.5. The molecule has 0 aliphatic heterocycles. The number of hydrogen-bond acceptors (Lipinski definition) is 2. The summed E-state index contributed by atoms with van der Waals surface area (Å²) in [4.78, 5) is 0. The van der Waals surface area contributed by atoms with Gasteiger partial charge in [0.15, 0.2) is 0 Å². The van der Waals surface area contributed by atoms with Gasteiger partial charge in [0.1, 0.15) is 11.6 Å². The largest absolute Gasteiger partial charge is 0.497 e. The Hall–Kier alpha value is -1.87. The van der Waals surface area contributed by atoms with E-state index < -0.39 is 0 Å². The number of benzene rings is 2. The Kier molecular flexibility index (Phi) is 4.74. The lowest BCUT2D eigenvalue weighted by Gasteiger charge is -2.16. The average molecular weight is 273 g/mol. The van der Waals surface area contributed by atoms with Crippen LogP contribution in [0.15, 0.2) is 42.5 Å². The molecular weight excluding hydrogens is 253 g/mol. The number of methoxy groups -OCH3 is 1. The van der Waals surface area contributed by atoms with Crippen LogP contribution in [0.5, 0.6) is 5.75 Å². The van der Waals surface area contributed by atoms with Gasteiger partial charge in [0.25, 0.3) is 0 Å². The summed E-state index contributed by atoms with van der Waals surface area (Å²) in [6, 6.07) is 13.1. The molecule has 0 aromatic heterocycles. The van der Waals surface area contributed by atoms with E-state index in [1.165, 1.54) is 24.3 Å². The zero-order valence-electron chi connectivity index (χ0n) is 12.1. The molecule has 2 aromatic rings. The molecule has 0 bridgehead atoms. The van der Waals surface area contributed by atoms with Crippen LogP contribution in [0.1, 0.15) is 29.7 Å². The maximum Gasteiger partial charge on any atom is 0.131 e. The van der Waals surface area contributed by atoms with Crippen LogP contribution in [-0.2, 0) is 6.54 Å². The predicted octanol–water partition coefficient (Wildman–Crippen LogP) is 3.99. The van der Waals surface area contributed by atoms with E-state index in [-0.39, 0.29) is 11.9 Å². The molecule has 0 amide bonds. The van der Waals surface area contributed by atoms with E-state index in [9.17, 15) is 4.39 Å². The normalized spacial score (nSPS) is 12.2. The average Bonchev–Trinajstić information content (AvgIpc) is 2.46. The molecule has 0 saturated carbocycles. The third kappa shape index (κ3) is 3.36. The second kappa shape index (κ2) is 6.53. The van der Waals surface area contributed by atoms with Crippen LogP contribution >= 0.6 is 0 Å². The van der Waals surface area contributed by atoms with Crippen molar-refractivity contribution in [2.75, 3.05) is 7.11 Å². The summed E-state index contributed by atoms with van der Waals surface area (Å²) < 4.78 is 19.0. The lowest BCUT2D eigenvalue weighted by molar-refractivity contribution is 0.409. The maximum atomic E-state index is 14.0. The summed E-state index contributed by atoms with van der Waals surface area (Å²) in [5, 5.41) is 3.35. The molecule has 106 valence electrons. The molecule has 0 spiro atoms.